The summed E-state index contributed by atoms with van der Waals surface area (Å²) in [6.45, 7) is 4.54. The van der Waals surface area contributed by atoms with Crippen LogP contribution in [0.15, 0.2) is 30.6 Å². The first-order valence-corrected chi connectivity index (χ1v) is 6.31. The molecular weight excluding hydrogens is 224 g/mol. The smallest absolute Gasteiger partial charge is 0.159 e. The summed E-state index contributed by atoms with van der Waals surface area (Å²) in [5, 5.41) is 8.12. The molecule has 1 aliphatic carbocycles. The highest BCUT2D eigenvalue weighted by Crippen LogP contribution is 2.40. The molecule has 18 heavy (non-hydrogen) atoms. The Morgan fingerprint density at radius 2 is 2.22 bits per heavy atom. The third-order valence-electron chi connectivity index (χ3n) is 3.65. The van der Waals surface area contributed by atoms with E-state index in [1.807, 2.05) is 12.1 Å². The minimum Gasteiger partial charge on any atom is -0.324 e. The van der Waals surface area contributed by atoms with Crippen LogP contribution >= 0.6 is 0 Å². The maximum atomic E-state index is 6.26. The molecule has 4 nitrogen and oxygen atoms in total. The monoisotopic (exact) mass is 242 g/mol. The van der Waals surface area contributed by atoms with Gasteiger partial charge in [0, 0.05) is 24.1 Å². The van der Waals surface area contributed by atoms with Crippen LogP contribution in [0.1, 0.15) is 37.6 Å². The van der Waals surface area contributed by atoms with Crippen molar-refractivity contribution in [2.75, 3.05) is 0 Å². The molecule has 2 heterocycles. The van der Waals surface area contributed by atoms with Crippen molar-refractivity contribution < 1.29 is 0 Å². The van der Waals surface area contributed by atoms with E-state index in [-0.39, 0.29) is 11.5 Å². The first kappa shape index (κ1) is 11.4. The van der Waals surface area contributed by atoms with E-state index in [0.717, 1.165) is 18.7 Å². The summed E-state index contributed by atoms with van der Waals surface area (Å²) in [7, 11) is 0. The largest absolute Gasteiger partial charge is 0.324 e. The van der Waals surface area contributed by atoms with Gasteiger partial charge in [0.15, 0.2) is 5.82 Å². The Kier molecular flexibility index (Phi) is 2.48. The average Bonchev–Trinajstić information content (AvgIpc) is 2.72. The van der Waals surface area contributed by atoms with Crippen molar-refractivity contribution in [3.63, 3.8) is 0 Å². The zero-order valence-corrected chi connectivity index (χ0v) is 10.8. The second kappa shape index (κ2) is 3.92. The summed E-state index contributed by atoms with van der Waals surface area (Å²) in [6, 6.07) is 6.12. The Morgan fingerprint density at radius 1 is 1.39 bits per heavy atom. The molecule has 0 saturated carbocycles. The normalized spacial score (nSPS) is 21.6. The molecule has 3 rings (SSSR count). The highest BCUT2D eigenvalue weighted by atomic mass is 15.2. The number of nitrogens with two attached hydrogens (primary N) is 1. The molecule has 2 N–H and O–H groups in total. The lowest BCUT2D eigenvalue weighted by atomic mass is 9.74. The molecule has 0 saturated heterocycles. The number of hydrogen-bond donors (Lipinski definition) is 1. The molecule has 0 radical (unpaired) electrons. The lowest BCUT2D eigenvalue weighted by molar-refractivity contribution is 0.278. The molecule has 0 fully saturated rings. The van der Waals surface area contributed by atoms with E-state index in [2.05, 4.69) is 40.9 Å². The standard InChI is InChI=1S/C14H18N4/c1-14(2)8-11(15)10-5-7-18(12(10)9-14)13-4-3-6-16-17-13/h3-7,11H,8-9,15H2,1-2H3. The first-order valence-electron chi connectivity index (χ1n) is 6.31. The molecular formula is C14H18N4. The zero-order chi connectivity index (χ0) is 12.8. The average molecular weight is 242 g/mol. The van der Waals surface area contributed by atoms with Crippen LogP contribution in [0.4, 0.5) is 0 Å². The highest BCUT2D eigenvalue weighted by Gasteiger charge is 2.32. The predicted molar refractivity (Wildman–Crippen MR) is 70.4 cm³/mol. The minimum atomic E-state index is 0.127. The number of hydrogen-bond acceptors (Lipinski definition) is 3. The summed E-state index contributed by atoms with van der Waals surface area (Å²) in [5.41, 5.74) is 9.03. The molecule has 4 heteroatoms. The molecule has 2 aromatic heterocycles. The molecule has 1 aliphatic rings. The van der Waals surface area contributed by atoms with E-state index in [1.54, 1.807) is 6.20 Å². The van der Waals surface area contributed by atoms with E-state index in [4.69, 9.17) is 5.73 Å². The molecule has 2 aromatic rings. The molecule has 94 valence electrons. The van der Waals surface area contributed by atoms with Crippen molar-refractivity contribution in [3.8, 4) is 5.82 Å². The molecule has 1 atom stereocenters. The van der Waals surface area contributed by atoms with Gasteiger partial charge in [-0.2, -0.15) is 5.10 Å². The fourth-order valence-electron chi connectivity index (χ4n) is 2.87. The molecule has 0 aromatic carbocycles. The maximum absolute atomic E-state index is 6.26. The highest BCUT2D eigenvalue weighted by molar-refractivity contribution is 5.36. The van der Waals surface area contributed by atoms with Crippen molar-refractivity contribution >= 4 is 0 Å². The van der Waals surface area contributed by atoms with E-state index in [1.165, 1.54) is 11.3 Å². The SMILES string of the molecule is CC1(C)Cc2c(ccn2-c2cccnn2)C(N)C1. The summed E-state index contributed by atoms with van der Waals surface area (Å²) in [6.07, 6.45) is 5.80. The van der Waals surface area contributed by atoms with Gasteiger partial charge in [0.05, 0.1) is 0 Å². The Bertz CT molecular complexity index is 556. The van der Waals surface area contributed by atoms with Crippen LogP contribution in [0.5, 0.6) is 0 Å². The lowest BCUT2D eigenvalue weighted by Gasteiger charge is -2.34. The van der Waals surface area contributed by atoms with Crippen LogP contribution < -0.4 is 5.73 Å². The van der Waals surface area contributed by atoms with Crippen molar-refractivity contribution in [2.24, 2.45) is 11.1 Å². The van der Waals surface area contributed by atoms with Crippen molar-refractivity contribution in [1.82, 2.24) is 14.8 Å². The van der Waals surface area contributed by atoms with Gasteiger partial charge in [-0.15, -0.1) is 5.10 Å². The third kappa shape index (κ3) is 1.82. The van der Waals surface area contributed by atoms with Gasteiger partial charge in [-0.1, -0.05) is 13.8 Å². The molecule has 0 bridgehead atoms. The molecule has 1 unspecified atom stereocenters. The van der Waals surface area contributed by atoms with Gasteiger partial charge >= 0.3 is 0 Å². The number of aromatic nitrogens is 3. The summed E-state index contributed by atoms with van der Waals surface area (Å²) in [5.74, 6) is 0.864. The van der Waals surface area contributed by atoms with Gasteiger partial charge in [0.1, 0.15) is 0 Å². The summed E-state index contributed by atoms with van der Waals surface area (Å²) in [4.78, 5) is 0. The van der Waals surface area contributed by atoms with E-state index in [9.17, 15) is 0 Å². The molecule has 0 aliphatic heterocycles. The topological polar surface area (TPSA) is 56.7 Å². The van der Waals surface area contributed by atoms with Crippen molar-refractivity contribution in [2.45, 2.75) is 32.7 Å². The predicted octanol–water partition coefficient (Wildman–Crippen LogP) is 2.24. The Morgan fingerprint density at radius 3 is 2.94 bits per heavy atom. The number of rotatable bonds is 1. The van der Waals surface area contributed by atoms with Crippen LogP contribution in [0, 0.1) is 5.41 Å². The number of fused-ring (bicyclic) bond motifs is 1. The Balaban J connectivity index is 2.10. The zero-order valence-electron chi connectivity index (χ0n) is 10.8. The molecule has 0 spiro atoms. The minimum absolute atomic E-state index is 0.127. The second-order valence-electron chi connectivity index (χ2n) is 5.82. The van der Waals surface area contributed by atoms with Crippen molar-refractivity contribution in [1.29, 1.82) is 0 Å². The first-order chi connectivity index (χ1) is 8.57. The van der Waals surface area contributed by atoms with Gasteiger partial charge in [0.2, 0.25) is 0 Å². The summed E-state index contributed by atoms with van der Waals surface area (Å²) >= 11 is 0. The van der Waals surface area contributed by atoms with Crippen LogP contribution in [0.2, 0.25) is 0 Å². The van der Waals surface area contributed by atoms with Crippen molar-refractivity contribution in [3.05, 3.63) is 41.9 Å². The quantitative estimate of drug-likeness (QED) is 0.834. The second-order valence-corrected chi connectivity index (χ2v) is 5.82. The third-order valence-corrected chi connectivity index (χ3v) is 3.65. The molecule has 0 amide bonds. The lowest BCUT2D eigenvalue weighted by Crippen LogP contribution is -2.30. The van der Waals surface area contributed by atoms with Crippen LogP contribution in [0.3, 0.4) is 0 Å². The van der Waals surface area contributed by atoms with Gasteiger partial charge in [-0.05, 0) is 42.0 Å². The van der Waals surface area contributed by atoms with Crippen LogP contribution in [-0.4, -0.2) is 14.8 Å². The Labute approximate surface area is 107 Å². The summed E-state index contributed by atoms with van der Waals surface area (Å²) < 4.78 is 2.11. The van der Waals surface area contributed by atoms with Gasteiger partial charge in [0.25, 0.3) is 0 Å². The van der Waals surface area contributed by atoms with E-state index in [0.29, 0.717) is 0 Å². The Hall–Kier alpha value is -1.68. The van der Waals surface area contributed by atoms with Gasteiger partial charge in [-0.3, -0.25) is 0 Å². The maximum Gasteiger partial charge on any atom is 0.159 e. The van der Waals surface area contributed by atoms with E-state index < -0.39 is 0 Å². The number of nitrogens with zero attached hydrogens (tertiary/aromatic N) is 3. The van der Waals surface area contributed by atoms with Crippen LogP contribution in [-0.2, 0) is 6.42 Å². The van der Waals surface area contributed by atoms with Gasteiger partial charge in [-0.25, -0.2) is 0 Å². The fraction of sp³-hybridized carbons (Fsp3) is 0.429. The van der Waals surface area contributed by atoms with Gasteiger partial charge < -0.3 is 10.3 Å². The van der Waals surface area contributed by atoms with Crippen LogP contribution in [0.25, 0.3) is 5.82 Å². The van der Waals surface area contributed by atoms with E-state index >= 15 is 0 Å². The fourth-order valence-corrected chi connectivity index (χ4v) is 2.87.